The third-order valence-corrected chi connectivity index (χ3v) is 5.62. The Balaban J connectivity index is 1.56. The predicted octanol–water partition coefficient (Wildman–Crippen LogP) is 3.90. The Kier molecular flexibility index (Phi) is 5.62. The minimum absolute atomic E-state index is 0.0258. The van der Waals surface area contributed by atoms with Crippen LogP contribution in [0, 0.1) is 5.92 Å². The van der Waals surface area contributed by atoms with Crippen molar-refractivity contribution in [2.24, 2.45) is 5.92 Å². The van der Waals surface area contributed by atoms with Gasteiger partial charge in [0.2, 0.25) is 0 Å². The Bertz CT molecular complexity index is 944. The highest BCUT2D eigenvalue weighted by molar-refractivity contribution is 5.81. The van der Waals surface area contributed by atoms with E-state index in [-0.39, 0.29) is 30.6 Å². The molecule has 1 N–H and O–H groups in total. The maximum absolute atomic E-state index is 13.1. The first-order valence-corrected chi connectivity index (χ1v) is 9.75. The average molecular weight is 435 g/mol. The van der Waals surface area contributed by atoms with Gasteiger partial charge < -0.3 is 14.6 Å². The number of carboxylic acids is 1. The molecule has 4 rings (SSSR count). The summed E-state index contributed by atoms with van der Waals surface area (Å²) in [5.41, 5.74) is 3.75. The van der Waals surface area contributed by atoms with Gasteiger partial charge in [-0.25, -0.2) is 9.59 Å². The lowest BCUT2D eigenvalue weighted by Gasteiger charge is -2.38. The predicted molar refractivity (Wildman–Crippen MR) is 104 cm³/mol. The summed E-state index contributed by atoms with van der Waals surface area (Å²) in [7, 11) is 0. The zero-order valence-corrected chi connectivity index (χ0v) is 16.3. The molecule has 0 bridgehead atoms. The van der Waals surface area contributed by atoms with E-state index in [1.54, 1.807) is 0 Å². The second kappa shape index (κ2) is 8.22. The molecule has 0 radical (unpaired) electrons. The number of carbonyl (C=O) groups excluding carboxylic acids is 1. The van der Waals surface area contributed by atoms with Gasteiger partial charge in [0.15, 0.2) is 0 Å². The second-order valence-electron chi connectivity index (χ2n) is 7.63. The molecule has 2 aromatic carbocycles. The molecule has 2 aromatic rings. The number of carbonyl (C=O) groups is 2. The van der Waals surface area contributed by atoms with Gasteiger partial charge in [0.25, 0.3) is 0 Å². The van der Waals surface area contributed by atoms with E-state index in [0.29, 0.717) is 0 Å². The third kappa shape index (κ3) is 4.23. The topological polar surface area (TPSA) is 76.1 Å². The van der Waals surface area contributed by atoms with Gasteiger partial charge in [-0.1, -0.05) is 48.5 Å². The maximum Gasteiger partial charge on any atom is 0.410 e. The smallest absolute Gasteiger partial charge is 0.410 e. The molecule has 1 aliphatic heterocycles. The number of benzene rings is 2. The lowest BCUT2D eigenvalue weighted by atomic mass is 9.96. The van der Waals surface area contributed by atoms with Crippen molar-refractivity contribution in [2.75, 3.05) is 26.4 Å². The molecular formula is C22H20F3NO5. The molecule has 1 saturated heterocycles. The molecule has 6 nitrogen and oxygen atoms in total. The van der Waals surface area contributed by atoms with Crippen molar-refractivity contribution in [1.82, 2.24) is 4.90 Å². The fourth-order valence-corrected chi connectivity index (χ4v) is 4.17. The lowest BCUT2D eigenvalue weighted by Crippen LogP contribution is -2.57. The molecule has 0 aromatic heterocycles. The van der Waals surface area contributed by atoms with E-state index in [0.717, 1.165) is 22.3 Å². The SMILES string of the molecule is O=C(O)C(C1COC1)N(CC(F)(F)F)C(=O)OCC1c2ccccc2-c2ccccc21. The second-order valence-corrected chi connectivity index (χ2v) is 7.63. The molecular weight excluding hydrogens is 415 g/mol. The Morgan fingerprint density at radius 1 is 1.06 bits per heavy atom. The van der Waals surface area contributed by atoms with Gasteiger partial charge in [-0.3, -0.25) is 4.90 Å². The minimum Gasteiger partial charge on any atom is -0.480 e. The maximum atomic E-state index is 13.1. The van der Waals surface area contributed by atoms with Crippen LogP contribution in [0.3, 0.4) is 0 Å². The summed E-state index contributed by atoms with van der Waals surface area (Å²) in [5, 5.41) is 9.49. The van der Waals surface area contributed by atoms with E-state index in [4.69, 9.17) is 9.47 Å². The van der Waals surface area contributed by atoms with Crippen molar-refractivity contribution in [3.05, 3.63) is 59.7 Å². The molecule has 1 heterocycles. The number of alkyl halides is 3. The average Bonchev–Trinajstić information content (AvgIpc) is 3.00. The summed E-state index contributed by atoms with van der Waals surface area (Å²) < 4.78 is 49.6. The van der Waals surface area contributed by atoms with Crippen LogP contribution in [0.1, 0.15) is 17.0 Å². The number of hydrogen-bond acceptors (Lipinski definition) is 4. The van der Waals surface area contributed by atoms with Gasteiger partial charge in [0.1, 0.15) is 19.2 Å². The Morgan fingerprint density at radius 2 is 1.61 bits per heavy atom. The Labute approximate surface area is 176 Å². The summed E-state index contributed by atoms with van der Waals surface area (Å²) in [6.07, 6.45) is -6.08. The number of fused-ring (bicyclic) bond motifs is 3. The van der Waals surface area contributed by atoms with Crippen LogP contribution in [0.25, 0.3) is 11.1 Å². The van der Waals surface area contributed by atoms with Crippen molar-refractivity contribution >= 4 is 12.1 Å². The van der Waals surface area contributed by atoms with Crippen LogP contribution in [0.2, 0.25) is 0 Å². The van der Waals surface area contributed by atoms with Crippen LogP contribution in [-0.2, 0) is 14.3 Å². The van der Waals surface area contributed by atoms with Crippen LogP contribution in [0.5, 0.6) is 0 Å². The first-order chi connectivity index (χ1) is 14.8. The van der Waals surface area contributed by atoms with Crippen molar-refractivity contribution in [3.63, 3.8) is 0 Å². The monoisotopic (exact) mass is 435 g/mol. The van der Waals surface area contributed by atoms with Crippen molar-refractivity contribution in [1.29, 1.82) is 0 Å². The molecule has 1 unspecified atom stereocenters. The minimum atomic E-state index is -4.77. The van der Waals surface area contributed by atoms with Gasteiger partial charge in [-0.05, 0) is 22.3 Å². The van der Waals surface area contributed by atoms with E-state index < -0.39 is 36.7 Å². The first kappa shape index (κ1) is 21.2. The van der Waals surface area contributed by atoms with Crippen LogP contribution in [0.15, 0.2) is 48.5 Å². The lowest BCUT2D eigenvalue weighted by molar-refractivity contribution is -0.171. The first-order valence-electron chi connectivity index (χ1n) is 9.75. The summed E-state index contributed by atoms with van der Waals surface area (Å²) in [4.78, 5) is 24.6. The molecule has 9 heteroatoms. The summed E-state index contributed by atoms with van der Waals surface area (Å²) in [5.74, 6) is -2.59. The van der Waals surface area contributed by atoms with E-state index in [1.807, 2.05) is 48.5 Å². The fraction of sp³-hybridized carbons (Fsp3) is 0.364. The molecule has 0 saturated carbocycles. The van der Waals surface area contributed by atoms with Gasteiger partial charge >= 0.3 is 18.2 Å². The number of ether oxygens (including phenoxy) is 2. The van der Waals surface area contributed by atoms with Crippen molar-refractivity contribution < 1.29 is 37.3 Å². The Morgan fingerprint density at radius 3 is 2.06 bits per heavy atom. The highest BCUT2D eigenvalue weighted by Gasteiger charge is 2.46. The molecule has 31 heavy (non-hydrogen) atoms. The van der Waals surface area contributed by atoms with E-state index in [2.05, 4.69) is 0 Å². The number of halogens is 3. The zero-order chi connectivity index (χ0) is 22.2. The molecule has 1 atom stereocenters. The van der Waals surface area contributed by atoms with Crippen molar-refractivity contribution in [3.8, 4) is 11.1 Å². The van der Waals surface area contributed by atoms with E-state index in [1.165, 1.54) is 0 Å². The van der Waals surface area contributed by atoms with Crippen molar-refractivity contribution in [2.45, 2.75) is 18.1 Å². The third-order valence-electron chi connectivity index (χ3n) is 5.62. The van der Waals surface area contributed by atoms with Gasteiger partial charge in [-0.15, -0.1) is 0 Å². The normalized spacial score (nSPS) is 16.7. The molecule has 1 fully saturated rings. The number of carboxylic acid groups (broad SMARTS) is 1. The fourth-order valence-electron chi connectivity index (χ4n) is 4.17. The largest absolute Gasteiger partial charge is 0.480 e. The van der Waals surface area contributed by atoms with Crippen LogP contribution < -0.4 is 0 Å². The van der Waals surface area contributed by atoms with Gasteiger partial charge in [0, 0.05) is 11.8 Å². The van der Waals surface area contributed by atoms with Crippen LogP contribution in [-0.4, -0.2) is 60.7 Å². The van der Waals surface area contributed by atoms with Crippen LogP contribution >= 0.6 is 0 Å². The quantitative estimate of drug-likeness (QED) is 0.745. The van der Waals surface area contributed by atoms with Crippen LogP contribution in [0.4, 0.5) is 18.0 Å². The molecule has 2 aliphatic rings. The van der Waals surface area contributed by atoms with E-state index in [9.17, 15) is 27.9 Å². The zero-order valence-electron chi connectivity index (χ0n) is 16.3. The van der Waals surface area contributed by atoms with Gasteiger partial charge in [0.05, 0.1) is 13.2 Å². The Hall–Kier alpha value is -3.07. The van der Waals surface area contributed by atoms with Gasteiger partial charge in [-0.2, -0.15) is 13.2 Å². The number of nitrogens with zero attached hydrogens (tertiary/aromatic N) is 1. The molecule has 164 valence electrons. The number of rotatable bonds is 6. The molecule has 1 aliphatic carbocycles. The molecule has 1 amide bonds. The summed E-state index contributed by atoms with van der Waals surface area (Å²) >= 11 is 0. The number of amides is 1. The van der Waals surface area contributed by atoms with E-state index >= 15 is 0 Å². The number of hydrogen-bond donors (Lipinski definition) is 1. The highest BCUT2D eigenvalue weighted by atomic mass is 19.4. The summed E-state index contributed by atoms with van der Waals surface area (Å²) in [6, 6.07) is 13.4. The highest BCUT2D eigenvalue weighted by Crippen LogP contribution is 2.44. The summed E-state index contributed by atoms with van der Waals surface area (Å²) in [6.45, 7) is -1.96. The number of aliphatic carboxylic acids is 1. The standard InChI is InChI=1S/C22H20F3NO5/c23-22(24,25)12-26(19(20(27)28)13-9-30-10-13)21(29)31-11-18-16-7-3-1-5-14(16)15-6-2-4-8-17(15)18/h1-8,13,18-19H,9-12H2,(H,27,28). The molecule has 0 spiro atoms.